The number of hydrogen-bond acceptors (Lipinski definition) is 3. The van der Waals surface area contributed by atoms with Crippen molar-refractivity contribution in [3.05, 3.63) is 70.4 Å². The van der Waals surface area contributed by atoms with Gasteiger partial charge in [0.2, 0.25) is 0 Å². The van der Waals surface area contributed by atoms with Gasteiger partial charge in [0, 0.05) is 17.8 Å². The first-order chi connectivity index (χ1) is 9.34. The van der Waals surface area contributed by atoms with E-state index < -0.39 is 0 Å². The molecule has 0 aliphatic rings. The van der Waals surface area contributed by atoms with Gasteiger partial charge in [0.1, 0.15) is 0 Å². The first kappa shape index (κ1) is 11.6. The van der Waals surface area contributed by atoms with Crippen molar-refractivity contribution in [3.8, 4) is 0 Å². The summed E-state index contributed by atoms with van der Waals surface area (Å²) in [6.07, 6.45) is 5.24. The summed E-state index contributed by atoms with van der Waals surface area (Å²) in [6, 6.07) is 11.6. The van der Waals surface area contributed by atoms with Gasteiger partial charge in [-0.1, -0.05) is 18.2 Å². The lowest BCUT2D eigenvalue weighted by Gasteiger charge is -2.04. The van der Waals surface area contributed by atoms with Crippen molar-refractivity contribution in [1.82, 2.24) is 15.2 Å². The molecular weight excluding hydrogens is 238 g/mol. The van der Waals surface area contributed by atoms with Gasteiger partial charge in [-0.05, 0) is 36.6 Å². The normalized spacial score (nSPS) is 10.7. The van der Waals surface area contributed by atoms with Gasteiger partial charge in [0.05, 0.1) is 11.1 Å². The highest BCUT2D eigenvalue weighted by molar-refractivity contribution is 5.83. The highest BCUT2D eigenvalue weighted by Gasteiger charge is 2.05. The Bertz CT molecular complexity index is 750. The predicted molar refractivity (Wildman–Crippen MR) is 74.0 cm³/mol. The predicted octanol–water partition coefficient (Wildman–Crippen LogP) is 2.10. The summed E-state index contributed by atoms with van der Waals surface area (Å²) in [5, 5.41) is 8.36. The van der Waals surface area contributed by atoms with E-state index in [1.807, 2.05) is 36.4 Å². The number of hydrogen-bond donors (Lipinski definition) is 1. The first-order valence-electron chi connectivity index (χ1n) is 6.20. The fourth-order valence-electron chi connectivity index (χ4n) is 2.17. The van der Waals surface area contributed by atoms with Gasteiger partial charge in [0.25, 0.3) is 5.56 Å². The second-order valence-corrected chi connectivity index (χ2v) is 4.40. The molecule has 0 atom stereocenters. The number of rotatable bonds is 3. The second kappa shape index (κ2) is 5.02. The van der Waals surface area contributed by atoms with E-state index in [1.54, 1.807) is 12.4 Å². The monoisotopic (exact) mass is 251 g/mol. The topological polar surface area (TPSA) is 58.6 Å². The summed E-state index contributed by atoms with van der Waals surface area (Å²) in [5.41, 5.74) is 2.00. The number of nitrogens with zero attached hydrogens (tertiary/aromatic N) is 2. The van der Waals surface area contributed by atoms with E-state index in [1.165, 1.54) is 5.56 Å². The molecular formula is C15H13N3O. The number of aromatic nitrogens is 3. The van der Waals surface area contributed by atoms with Crippen molar-refractivity contribution in [2.45, 2.75) is 12.8 Å². The molecule has 1 N–H and O–H groups in total. The molecule has 3 rings (SSSR count). The zero-order valence-corrected chi connectivity index (χ0v) is 10.3. The quantitative estimate of drug-likeness (QED) is 0.775. The Morgan fingerprint density at radius 3 is 2.47 bits per heavy atom. The standard InChI is InChI=1S/C15H13N3O/c19-15-13-4-2-1-3-12(13)14(17-18-15)6-5-11-7-9-16-10-8-11/h1-4,7-10H,5-6H2,(H,18,19). The minimum absolute atomic E-state index is 0.136. The maximum Gasteiger partial charge on any atom is 0.272 e. The van der Waals surface area contributed by atoms with Crippen molar-refractivity contribution < 1.29 is 0 Å². The van der Waals surface area contributed by atoms with Crippen LogP contribution >= 0.6 is 0 Å². The number of nitrogens with one attached hydrogen (secondary N) is 1. The Hall–Kier alpha value is -2.49. The maximum absolute atomic E-state index is 11.7. The second-order valence-electron chi connectivity index (χ2n) is 4.40. The molecule has 4 heteroatoms. The Kier molecular flexibility index (Phi) is 3.06. The maximum atomic E-state index is 11.7. The van der Waals surface area contributed by atoms with Crippen LogP contribution in [0, 0.1) is 0 Å². The number of benzene rings is 1. The van der Waals surface area contributed by atoms with Gasteiger partial charge in [0.15, 0.2) is 0 Å². The Morgan fingerprint density at radius 2 is 1.68 bits per heavy atom. The molecule has 94 valence electrons. The van der Waals surface area contributed by atoms with Crippen LogP contribution in [0.4, 0.5) is 0 Å². The van der Waals surface area contributed by atoms with E-state index in [4.69, 9.17) is 0 Å². The molecule has 0 aliphatic heterocycles. The zero-order valence-electron chi connectivity index (χ0n) is 10.3. The minimum Gasteiger partial charge on any atom is -0.267 e. The fourth-order valence-corrected chi connectivity index (χ4v) is 2.17. The summed E-state index contributed by atoms with van der Waals surface area (Å²) < 4.78 is 0. The Labute approximate surface area is 110 Å². The lowest BCUT2D eigenvalue weighted by atomic mass is 10.1. The van der Waals surface area contributed by atoms with Crippen LogP contribution in [0.2, 0.25) is 0 Å². The molecule has 0 unspecified atom stereocenters. The summed E-state index contributed by atoms with van der Waals surface area (Å²) in [5.74, 6) is 0. The SMILES string of the molecule is O=c1[nH]nc(CCc2ccncc2)c2ccccc12. The van der Waals surface area contributed by atoms with Gasteiger partial charge in [-0.15, -0.1) is 0 Å². The van der Waals surface area contributed by atoms with Crippen molar-refractivity contribution in [2.24, 2.45) is 0 Å². The van der Waals surface area contributed by atoms with Crippen molar-refractivity contribution in [2.75, 3.05) is 0 Å². The lowest BCUT2D eigenvalue weighted by Crippen LogP contribution is -2.11. The smallest absolute Gasteiger partial charge is 0.267 e. The van der Waals surface area contributed by atoms with Crippen molar-refractivity contribution in [3.63, 3.8) is 0 Å². The van der Waals surface area contributed by atoms with Crippen LogP contribution < -0.4 is 5.56 Å². The van der Waals surface area contributed by atoms with E-state index in [0.717, 1.165) is 23.9 Å². The minimum atomic E-state index is -0.136. The summed E-state index contributed by atoms with van der Waals surface area (Å²) in [7, 11) is 0. The van der Waals surface area contributed by atoms with Crippen LogP contribution in [0.1, 0.15) is 11.3 Å². The summed E-state index contributed by atoms with van der Waals surface area (Å²) in [6.45, 7) is 0. The molecule has 4 nitrogen and oxygen atoms in total. The third-order valence-corrected chi connectivity index (χ3v) is 3.17. The highest BCUT2D eigenvalue weighted by Crippen LogP contribution is 2.14. The van der Waals surface area contributed by atoms with E-state index in [9.17, 15) is 4.79 Å². The van der Waals surface area contributed by atoms with Gasteiger partial charge in [-0.25, -0.2) is 5.10 Å². The number of aromatic amines is 1. The molecule has 2 heterocycles. The van der Waals surface area contributed by atoms with Crippen molar-refractivity contribution in [1.29, 1.82) is 0 Å². The molecule has 0 spiro atoms. The van der Waals surface area contributed by atoms with E-state index >= 15 is 0 Å². The molecule has 19 heavy (non-hydrogen) atoms. The molecule has 0 radical (unpaired) electrons. The molecule has 1 aromatic carbocycles. The van der Waals surface area contributed by atoms with Gasteiger partial charge >= 0.3 is 0 Å². The molecule has 0 bridgehead atoms. The van der Waals surface area contributed by atoms with E-state index in [-0.39, 0.29) is 5.56 Å². The molecule has 0 aliphatic carbocycles. The first-order valence-corrected chi connectivity index (χ1v) is 6.20. The number of pyridine rings is 1. The number of H-pyrrole nitrogens is 1. The fraction of sp³-hybridized carbons (Fsp3) is 0.133. The third kappa shape index (κ3) is 2.38. The van der Waals surface area contributed by atoms with Crippen LogP contribution in [-0.2, 0) is 12.8 Å². The molecule has 0 saturated carbocycles. The largest absolute Gasteiger partial charge is 0.272 e. The summed E-state index contributed by atoms with van der Waals surface area (Å²) in [4.78, 5) is 15.7. The molecule has 3 aromatic rings. The van der Waals surface area contributed by atoms with Crippen LogP contribution in [-0.4, -0.2) is 15.2 Å². The number of aryl methyl sites for hydroxylation is 2. The summed E-state index contributed by atoms with van der Waals surface area (Å²) >= 11 is 0. The molecule has 2 aromatic heterocycles. The van der Waals surface area contributed by atoms with Crippen LogP contribution in [0.25, 0.3) is 10.8 Å². The highest BCUT2D eigenvalue weighted by atomic mass is 16.1. The molecule has 0 fully saturated rings. The van der Waals surface area contributed by atoms with Gasteiger partial charge < -0.3 is 0 Å². The third-order valence-electron chi connectivity index (χ3n) is 3.17. The van der Waals surface area contributed by atoms with Crippen LogP contribution in [0.5, 0.6) is 0 Å². The van der Waals surface area contributed by atoms with E-state index in [2.05, 4.69) is 15.2 Å². The Balaban J connectivity index is 1.94. The molecule has 0 amide bonds. The van der Waals surface area contributed by atoms with Gasteiger partial charge in [-0.2, -0.15) is 5.10 Å². The molecule has 0 saturated heterocycles. The average molecular weight is 251 g/mol. The number of fused-ring (bicyclic) bond motifs is 1. The Morgan fingerprint density at radius 1 is 0.947 bits per heavy atom. The van der Waals surface area contributed by atoms with Crippen LogP contribution in [0.3, 0.4) is 0 Å². The van der Waals surface area contributed by atoms with E-state index in [0.29, 0.717) is 5.39 Å². The van der Waals surface area contributed by atoms with Crippen molar-refractivity contribution >= 4 is 10.8 Å². The van der Waals surface area contributed by atoms with Crippen LogP contribution in [0.15, 0.2) is 53.6 Å². The van der Waals surface area contributed by atoms with Gasteiger partial charge in [-0.3, -0.25) is 9.78 Å². The lowest BCUT2D eigenvalue weighted by molar-refractivity contribution is 0.862. The zero-order chi connectivity index (χ0) is 13.1. The average Bonchev–Trinajstić information content (AvgIpc) is 2.48.